The molecular formula is C23H29N3O5. The zero-order valence-electron chi connectivity index (χ0n) is 17.8. The van der Waals surface area contributed by atoms with E-state index in [0.29, 0.717) is 6.61 Å². The lowest BCUT2D eigenvalue weighted by Crippen LogP contribution is -2.47. The van der Waals surface area contributed by atoms with Crippen LogP contribution in [0.25, 0.3) is 0 Å². The number of rotatable bonds is 3. The number of nitrogens with zero attached hydrogens (tertiary/aromatic N) is 3. The number of piperidine rings is 1. The molecule has 0 saturated carbocycles. The molecule has 1 spiro atoms. The normalized spacial score (nSPS) is 21.7. The topological polar surface area (TPSA) is 94.0 Å². The summed E-state index contributed by atoms with van der Waals surface area (Å²) in [7, 11) is 0. The molecule has 0 bridgehead atoms. The predicted octanol–water partition coefficient (Wildman–Crippen LogP) is 2.72. The van der Waals surface area contributed by atoms with Crippen LogP contribution in [0.4, 0.5) is 5.82 Å². The summed E-state index contributed by atoms with van der Waals surface area (Å²) in [5.41, 5.74) is 2.53. The van der Waals surface area contributed by atoms with Gasteiger partial charge in [0.25, 0.3) is 6.47 Å². The van der Waals surface area contributed by atoms with Crippen LogP contribution < -0.4 is 9.64 Å². The summed E-state index contributed by atoms with van der Waals surface area (Å²) in [5.74, 6) is 2.79. The van der Waals surface area contributed by atoms with Gasteiger partial charge in [0.2, 0.25) is 0 Å². The van der Waals surface area contributed by atoms with Crippen LogP contribution in [0.3, 0.4) is 0 Å². The number of fused-ring (bicyclic) bond motifs is 2. The minimum Gasteiger partial charge on any atom is -0.488 e. The number of hydrogen-bond acceptors (Lipinski definition) is 7. The molecule has 2 saturated heterocycles. The molecule has 1 aromatic carbocycles. The van der Waals surface area contributed by atoms with Crippen LogP contribution >= 0.6 is 0 Å². The highest BCUT2D eigenvalue weighted by atomic mass is 16.5. The second kappa shape index (κ2) is 9.62. The lowest BCUT2D eigenvalue weighted by molar-refractivity contribution is -0.122. The van der Waals surface area contributed by atoms with Crippen molar-refractivity contribution in [3.63, 3.8) is 0 Å². The van der Waals surface area contributed by atoms with E-state index in [9.17, 15) is 0 Å². The molecule has 0 aliphatic carbocycles. The molecule has 8 nitrogen and oxygen atoms in total. The van der Waals surface area contributed by atoms with Crippen LogP contribution in [-0.2, 0) is 26.3 Å². The lowest BCUT2D eigenvalue weighted by atomic mass is 9.79. The fourth-order valence-corrected chi connectivity index (χ4v) is 4.66. The number of carbonyl (C=O) groups is 1. The third-order valence-corrected chi connectivity index (χ3v) is 6.16. The first-order valence-corrected chi connectivity index (χ1v) is 10.8. The van der Waals surface area contributed by atoms with Crippen LogP contribution in [0.1, 0.15) is 36.2 Å². The Kier molecular flexibility index (Phi) is 6.67. The van der Waals surface area contributed by atoms with Crippen molar-refractivity contribution >= 4 is 12.3 Å². The Bertz CT molecular complexity index is 893. The molecule has 4 heterocycles. The molecule has 3 aliphatic rings. The van der Waals surface area contributed by atoms with Crippen molar-refractivity contribution in [2.45, 2.75) is 44.3 Å². The molecular weight excluding hydrogens is 398 g/mol. The molecule has 31 heavy (non-hydrogen) atoms. The monoisotopic (exact) mass is 427 g/mol. The quantitative estimate of drug-likeness (QED) is 0.748. The van der Waals surface area contributed by atoms with Crippen molar-refractivity contribution in [3.8, 4) is 5.75 Å². The fourth-order valence-electron chi connectivity index (χ4n) is 4.66. The van der Waals surface area contributed by atoms with Gasteiger partial charge in [0.15, 0.2) is 0 Å². The van der Waals surface area contributed by atoms with Crippen molar-refractivity contribution in [1.82, 2.24) is 9.97 Å². The number of anilines is 1. The molecule has 5 rings (SSSR count). The van der Waals surface area contributed by atoms with Gasteiger partial charge in [-0.2, -0.15) is 0 Å². The summed E-state index contributed by atoms with van der Waals surface area (Å²) in [6.45, 7) is 5.83. The summed E-state index contributed by atoms with van der Waals surface area (Å²) in [4.78, 5) is 19.5. The van der Waals surface area contributed by atoms with Crippen LogP contribution in [0.2, 0.25) is 0 Å². The predicted molar refractivity (Wildman–Crippen MR) is 115 cm³/mol. The summed E-state index contributed by atoms with van der Waals surface area (Å²) >= 11 is 0. The van der Waals surface area contributed by atoms with Gasteiger partial charge in [0.1, 0.15) is 23.5 Å². The number of hydrogen-bond donors (Lipinski definition) is 1. The van der Waals surface area contributed by atoms with Gasteiger partial charge >= 0.3 is 0 Å². The van der Waals surface area contributed by atoms with Gasteiger partial charge < -0.3 is 24.2 Å². The summed E-state index contributed by atoms with van der Waals surface area (Å²) in [5, 5.41) is 6.89. The number of aryl methyl sites for hydroxylation is 1. The van der Waals surface area contributed by atoms with Crippen molar-refractivity contribution in [2.75, 3.05) is 37.8 Å². The van der Waals surface area contributed by atoms with Gasteiger partial charge in [-0.3, -0.25) is 4.79 Å². The highest BCUT2D eigenvalue weighted by molar-refractivity contribution is 5.44. The third kappa shape index (κ3) is 4.80. The highest BCUT2D eigenvalue weighted by Crippen LogP contribution is 2.43. The van der Waals surface area contributed by atoms with E-state index in [2.05, 4.69) is 33.1 Å². The van der Waals surface area contributed by atoms with Gasteiger partial charge in [-0.05, 0) is 55.5 Å². The zero-order valence-corrected chi connectivity index (χ0v) is 17.8. The van der Waals surface area contributed by atoms with Gasteiger partial charge in [-0.15, -0.1) is 0 Å². The number of carboxylic acid groups (broad SMARTS) is 1. The van der Waals surface area contributed by atoms with Crippen molar-refractivity contribution in [1.29, 1.82) is 0 Å². The Labute approximate surface area is 182 Å². The second-order valence-corrected chi connectivity index (χ2v) is 8.07. The van der Waals surface area contributed by atoms with Gasteiger partial charge in [-0.25, -0.2) is 9.97 Å². The Morgan fingerprint density at radius 3 is 2.77 bits per heavy atom. The molecule has 0 amide bonds. The third-order valence-electron chi connectivity index (χ3n) is 6.16. The number of benzene rings is 1. The Morgan fingerprint density at radius 2 is 2.06 bits per heavy atom. The Hall–Kier alpha value is -2.71. The Balaban J connectivity index is 0.000000730. The van der Waals surface area contributed by atoms with Crippen molar-refractivity contribution in [3.05, 3.63) is 47.4 Å². The maximum Gasteiger partial charge on any atom is 0.290 e. The minimum atomic E-state index is -0.250. The van der Waals surface area contributed by atoms with Crippen molar-refractivity contribution in [2.24, 2.45) is 0 Å². The molecule has 1 aromatic heterocycles. The van der Waals surface area contributed by atoms with E-state index >= 15 is 0 Å². The van der Waals surface area contributed by atoms with E-state index in [1.165, 1.54) is 11.1 Å². The molecule has 3 aliphatic heterocycles. The van der Waals surface area contributed by atoms with E-state index in [4.69, 9.17) is 24.1 Å². The molecule has 1 N–H and O–H groups in total. The minimum absolute atomic E-state index is 0.179. The van der Waals surface area contributed by atoms with Crippen LogP contribution in [0, 0.1) is 6.92 Å². The first-order chi connectivity index (χ1) is 15.1. The van der Waals surface area contributed by atoms with Gasteiger partial charge in [0, 0.05) is 25.7 Å². The van der Waals surface area contributed by atoms with E-state index in [-0.39, 0.29) is 18.2 Å². The highest BCUT2D eigenvalue weighted by Gasteiger charge is 2.41. The summed E-state index contributed by atoms with van der Waals surface area (Å²) in [6, 6.07) is 8.55. The first kappa shape index (κ1) is 21.5. The van der Waals surface area contributed by atoms with Crippen LogP contribution in [-0.4, -0.2) is 60.6 Å². The van der Waals surface area contributed by atoms with E-state index in [1.54, 1.807) is 0 Å². The van der Waals surface area contributed by atoms with Crippen LogP contribution in [0.15, 0.2) is 30.5 Å². The molecule has 0 radical (unpaired) electrons. The number of aromatic nitrogens is 2. The SMILES string of the molecule is Cc1nccc(N2CCC3(CC2)OCCc2cc(OC4CCOC4)ccc23)n1.O=CO. The maximum absolute atomic E-state index is 8.36. The van der Waals surface area contributed by atoms with Gasteiger partial charge in [-0.1, -0.05) is 6.07 Å². The smallest absolute Gasteiger partial charge is 0.290 e. The molecule has 2 aromatic rings. The molecule has 166 valence electrons. The van der Waals surface area contributed by atoms with E-state index < -0.39 is 0 Å². The average molecular weight is 428 g/mol. The molecule has 8 heteroatoms. The van der Waals surface area contributed by atoms with E-state index in [0.717, 1.165) is 69.4 Å². The van der Waals surface area contributed by atoms with Crippen molar-refractivity contribution < 1.29 is 24.1 Å². The number of ether oxygens (including phenoxy) is 3. The maximum atomic E-state index is 8.36. The van der Waals surface area contributed by atoms with E-state index in [1.807, 2.05) is 19.2 Å². The van der Waals surface area contributed by atoms with Gasteiger partial charge in [0.05, 0.1) is 25.4 Å². The Morgan fingerprint density at radius 1 is 1.26 bits per heavy atom. The summed E-state index contributed by atoms with van der Waals surface area (Å²) in [6.07, 6.45) is 5.89. The first-order valence-electron chi connectivity index (χ1n) is 10.8. The molecule has 2 fully saturated rings. The fraction of sp³-hybridized carbons (Fsp3) is 0.522. The zero-order chi connectivity index (χ0) is 21.7. The average Bonchev–Trinajstić information content (AvgIpc) is 3.28. The lowest BCUT2D eigenvalue weighted by Gasteiger charge is -2.45. The van der Waals surface area contributed by atoms with Crippen LogP contribution in [0.5, 0.6) is 5.75 Å². The molecule has 1 atom stereocenters. The standard InChI is InChI=1S/C22H27N3O3.CH2O2/c1-16-23-9-4-21(24-16)25-10-7-22(8-11-25)20-3-2-18(14-17(20)5-13-27-22)28-19-6-12-26-15-19;2-1-3/h2-4,9,14,19H,5-8,10-13,15H2,1H3;1H,(H,2,3). The summed E-state index contributed by atoms with van der Waals surface area (Å²) < 4.78 is 17.9. The molecule has 1 unspecified atom stereocenters. The second-order valence-electron chi connectivity index (χ2n) is 8.07. The largest absolute Gasteiger partial charge is 0.488 e.